The number of aryl methyl sites for hydroxylation is 1. The van der Waals surface area contributed by atoms with Crippen molar-refractivity contribution < 1.29 is 4.79 Å². The van der Waals surface area contributed by atoms with Gasteiger partial charge in [0.25, 0.3) is 0 Å². The van der Waals surface area contributed by atoms with Gasteiger partial charge < -0.3 is 15.1 Å². The van der Waals surface area contributed by atoms with Crippen LogP contribution in [0.4, 0.5) is 5.69 Å². The molecule has 7 heteroatoms. The molecule has 0 spiro atoms. The van der Waals surface area contributed by atoms with Gasteiger partial charge in [0.15, 0.2) is 0 Å². The van der Waals surface area contributed by atoms with Gasteiger partial charge in [-0.2, -0.15) is 0 Å². The van der Waals surface area contributed by atoms with E-state index in [1.54, 1.807) is 0 Å². The minimum Gasteiger partial charge on any atom is -0.368 e. The van der Waals surface area contributed by atoms with E-state index in [4.69, 9.17) is 11.6 Å². The minimum atomic E-state index is 0. The average molecular weight is 383 g/mol. The Bertz CT molecular complexity index is 505. The van der Waals surface area contributed by atoms with Gasteiger partial charge in [-0.1, -0.05) is 24.6 Å². The lowest BCUT2D eigenvalue weighted by molar-refractivity contribution is -0.135. The normalized spacial score (nSPS) is 15.5. The lowest BCUT2D eigenvalue weighted by Crippen LogP contribution is -2.51. The second-order valence-electron chi connectivity index (χ2n) is 5.70. The van der Waals surface area contributed by atoms with E-state index in [1.165, 1.54) is 11.3 Å². The van der Waals surface area contributed by atoms with Gasteiger partial charge in [-0.25, -0.2) is 0 Å². The number of rotatable bonds is 4. The molecular weight excluding hydrogens is 357 g/mol. The second kappa shape index (κ2) is 10.2. The topological polar surface area (TPSA) is 35.6 Å². The fraction of sp³-hybridized carbons (Fsp3) is 0.562. The zero-order chi connectivity index (χ0) is 15.4. The minimum absolute atomic E-state index is 0. The van der Waals surface area contributed by atoms with Crippen LogP contribution in [-0.4, -0.2) is 50.6 Å². The summed E-state index contributed by atoms with van der Waals surface area (Å²) in [5, 5.41) is 3.82. The predicted molar refractivity (Wildman–Crippen MR) is 103 cm³/mol. The van der Waals surface area contributed by atoms with E-state index < -0.39 is 0 Å². The van der Waals surface area contributed by atoms with E-state index in [0.29, 0.717) is 0 Å². The number of carbonyl (C=O) groups is 1. The maximum atomic E-state index is 12.3. The van der Waals surface area contributed by atoms with E-state index in [1.807, 2.05) is 37.1 Å². The quantitative estimate of drug-likeness (QED) is 0.869. The maximum Gasteiger partial charge on any atom is 0.226 e. The number of nitrogens with one attached hydrogen (secondary N) is 1. The Labute approximate surface area is 156 Å². The molecule has 4 nitrogen and oxygen atoms in total. The molecule has 1 aromatic rings. The van der Waals surface area contributed by atoms with Crippen molar-refractivity contribution in [3.05, 3.63) is 28.8 Å². The summed E-state index contributed by atoms with van der Waals surface area (Å²) >= 11 is 6.09. The third kappa shape index (κ3) is 5.71. The smallest absolute Gasteiger partial charge is 0.226 e. The molecule has 1 saturated heterocycles. The Morgan fingerprint density at radius 3 is 2.43 bits per heavy atom. The lowest BCUT2D eigenvalue weighted by atomic mass is 10.1. The summed E-state index contributed by atoms with van der Waals surface area (Å²) in [6, 6.07) is 5.97. The summed E-state index contributed by atoms with van der Waals surface area (Å²) in [6.45, 7) is 8.08. The molecule has 1 fully saturated rings. The molecule has 0 saturated carbocycles. The number of anilines is 1. The summed E-state index contributed by atoms with van der Waals surface area (Å²) in [4.78, 5) is 16.6. The van der Waals surface area contributed by atoms with Crippen LogP contribution in [-0.2, 0) is 4.79 Å². The van der Waals surface area contributed by atoms with Crippen molar-refractivity contribution in [2.24, 2.45) is 5.92 Å². The van der Waals surface area contributed by atoms with Gasteiger partial charge in [-0.3, -0.25) is 4.79 Å². The largest absolute Gasteiger partial charge is 0.368 e. The van der Waals surface area contributed by atoms with Crippen LogP contribution in [0.15, 0.2) is 18.2 Å². The summed E-state index contributed by atoms with van der Waals surface area (Å²) in [5.74, 6) is 0.279. The van der Waals surface area contributed by atoms with Gasteiger partial charge >= 0.3 is 0 Å². The van der Waals surface area contributed by atoms with Crippen molar-refractivity contribution in [1.29, 1.82) is 0 Å². The van der Waals surface area contributed by atoms with Crippen LogP contribution in [0, 0.1) is 12.8 Å². The predicted octanol–water partition coefficient (Wildman–Crippen LogP) is 3.00. The van der Waals surface area contributed by atoms with Crippen molar-refractivity contribution in [3.8, 4) is 0 Å². The Balaban J connectivity index is 0.00000242. The highest BCUT2D eigenvalue weighted by atomic mass is 35.5. The number of hydrogen-bond acceptors (Lipinski definition) is 3. The number of nitrogens with zero attached hydrogens (tertiary/aromatic N) is 2. The summed E-state index contributed by atoms with van der Waals surface area (Å²) in [6.07, 6.45) is 0. The fourth-order valence-corrected chi connectivity index (χ4v) is 2.96. The van der Waals surface area contributed by atoms with E-state index in [0.717, 1.165) is 37.7 Å². The molecule has 1 aliphatic heterocycles. The molecule has 1 heterocycles. The van der Waals surface area contributed by atoms with Crippen molar-refractivity contribution in [2.45, 2.75) is 13.8 Å². The summed E-state index contributed by atoms with van der Waals surface area (Å²) in [7, 11) is 1.88. The monoisotopic (exact) mass is 381 g/mol. The molecule has 132 valence electrons. The van der Waals surface area contributed by atoms with Crippen LogP contribution in [0.3, 0.4) is 0 Å². The van der Waals surface area contributed by atoms with E-state index in [2.05, 4.69) is 17.1 Å². The molecule has 0 aromatic heterocycles. The number of halogens is 3. The van der Waals surface area contributed by atoms with Crippen LogP contribution in [0.25, 0.3) is 0 Å². The van der Waals surface area contributed by atoms with Crippen molar-refractivity contribution >= 4 is 48.0 Å². The summed E-state index contributed by atoms with van der Waals surface area (Å²) in [5.41, 5.74) is 2.40. The number of piperazine rings is 1. The first-order valence-corrected chi connectivity index (χ1v) is 7.85. The average Bonchev–Trinajstić information content (AvgIpc) is 2.49. The highest BCUT2D eigenvalue weighted by molar-refractivity contribution is 6.30. The first-order chi connectivity index (χ1) is 10.0. The van der Waals surface area contributed by atoms with Crippen molar-refractivity contribution in [3.63, 3.8) is 0 Å². The first kappa shape index (κ1) is 22.3. The van der Waals surface area contributed by atoms with E-state index in [9.17, 15) is 4.79 Å². The molecule has 2 rings (SSSR count). The summed E-state index contributed by atoms with van der Waals surface area (Å²) < 4.78 is 0. The van der Waals surface area contributed by atoms with Gasteiger partial charge in [-0.15, -0.1) is 24.8 Å². The van der Waals surface area contributed by atoms with Crippen LogP contribution >= 0.6 is 36.4 Å². The highest BCUT2D eigenvalue weighted by Crippen LogP contribution is 2.25. The third-order valence-electron chi connectivity index (χ3n) is 4.04. The molecule has 1 atom stereocenters. The number of benzene rings is 1. The number of carbonyl (C=O) groups excluding carboxylic acids is 1. The van der Waals surface area contributed by atoms with E-state index in [-0.39, 0.29) is 36.6 Å². The Morgan fingerprint density at radius 1 is 1.26 bits per heavy atom. The molecule has 0 bridgehead atoms. The van der Waals surface area contributed by atoms with Gasteiger partial charge in [0.1, 0.15) is 0 Å². The molecule has 1 amide bonds. The van der Waals surface area contributed by atoms with Crippen molar-refractivity contribution in [1.82, 2.24) is 10.2 Å². The van der Waals surface area contributed by atoms with Gasteiger partial charge in [0.2, 0.25) is 5.91 Å². The molecule has 1 N–H and O–H groups in total. The highest BCUT2D eigenvalue weighted by Gasteiger charge is 2.25. The van der Waals surface area contributed by atoms with Gasteiger partial charge in [0.05, 0.1) is 0 Å². The van der Waals surface area contributed by atoms with Crippen LogP contribution < -0.4 is 10.2 Å². The standard InChI is InChI=1S/C16H24ClN3O.2ClH/c1-12-4-5-14(17)10-15(12)19-6-8-20(9-7-19)16(21)13(2)11-18-3;;/h4-5,10,13,18H,6-9,11H2,1-3H3;2*1H. The molecule has 1 aliphatic rings. The number of hydrogen-bond donors (Lipinski definition) is 1. The van der Waals surface area contributed by atoms with Crippen LogP contribution in [0.2, 0.25) is 5.02 Å². The lowest BCUT2D eigenvalue weighted by Gasteiger charge is -2.37. The molecule has 1 aromatic carbocycles. The zero-order valence-electron chi connectivity index (χ0n) is 13.8. The van der Waals surface area contributed by atoms with Crippen molar-refractivity contribution in [2.75, 3.05) is 44.7 Å². The molecular formula is C16H26Cl3N3O. The Kier molecular flexibility index (Phi) is 9.94. The SMILES string of the molecule is CNCC(C)C(=O)N1CCN(c2cc(Cl)ccc2C)CC1.Cl.Cl. The number of amides is 1. The third-order valence-corrected chi connectivity index (χ3v) is 4.27. The molecule has 0 radical (unpaired) electrons. The fourth-order valence-electron chi connectivity index (χ4n) is 2.80. The second-order valence-corrected chi connectivity index (χ2v) is 6.14. The van der Waals surface area contributed by atoms with Gasteiger partial charge in [0, 0.05) is 49.4 Å². The van der Waals surface area contributed by atoms with E-state index >= 15 is 0 Å². The first-order valence-electron chi connectivity index (χ1n) is 7.47. The Morgan fingerprint density at radius 2 is 1.87 bits per heavy atom. The molecule has 23 heavy (non-hydrogen) atoms. The molecule has 0 aliphatic carbocycles. The van der Waals surface area contributed by atoms with Gasteiger partial charge in [-0.05, 0) is 31.7 Å². The Hall–Kier alpha value is -0.680. The molecule has 1 unspecified atom stereocenters. The van der Waals surface area contributed by atoms with Crippen LogP contribution in [0.5, 0.6) is 0 Å². The van der Waals surface area contributed by atoms with Crippen LogP contribution in [0.1, 0.15) is 12.5 Å². The maximum absolute atomic E-state index is 12.3. The zero-order valence-corrected chi connectivity index (χ0v) is 16.2.